The lowest BCUT2D eigenvalue weighted by atomic mass is 10.1. The number of anilines is 1. The van der Waals surface area contributed by atoms with Gasteiger partial charge in [-0.05, 0) is 93.2 Å². The number of hydrogen-bond acceptors (Lipinski definition) is 4. The van der Waals surface area contributed by atoms with Gasteiger partial charge >= 0.3 is 6.18 Å². The monoisotopic (exact) mass is 513 g/mol. The first kappa shape index (κ1) is 25.2. The summed E-state index contributed by atoms with van der Waals surface area (Å²) in [6.07, 6.45) is -3.18. The Morgan fingerprint density at radius 2 is 1.72 bits per heavy atom. The summed E-state index contributed by atoms with van der Waals surface area (Å²) in [4.78, 5) is 26.9. The maximum absolute atomic E-state index is 13.3. The second kappa shape index (κ2) is 9.62. The molecular weight excluding hydrogens is 491 g/mol. The van der Waals surface area contributed by atoms with Crippen molar-refractivity contribution in [3.05, 3.63) is 82.7 Å². The van der Waals surface area contributed by atoms with Crippen LogP contribution in [-0.4, -0.2) is 28.1 Å². The lowest BCUT2D eigenvalue weighted by Crippen LogP contribution is -2.54. The van der Waals surface area contributed by atoms with E-state index in [2.05, 4.69) is 5.32 Å². The highest BCUT2D eigenvalue weighted by atomic mass is 32.1. The van der Waals surface area contributed by atoms with Crippen LogP contribution in [-0.2, 0) is 15.8 Å². The molecule has 3 aromatic rings. The second-order valence-corrected chi connectivity index (χ2v) is 8.48. The normalized spacial score (nSPS) is 15.4. The largest absolute Gasteiger partial charge is 0.494 e. The van der Waals surface area contributed by atoms with E-state index in [9.17, 15) is 22.8 Å². The minimum Gasteiger partial charge on any atom is -0.494 e. The number of carbonyl (C=O) groups excluding carboxylic acids is 2. The highest BCUT2D eigenvalue weighted by Gasteiger charge is 2.36. The van der Waals surface area contributed by atoms with Gasteiger partial charge in [0, 0.05) is 17.1 Å². The van der Waals surface area contributed by atoms with E-state index in [1.54, 1.807) is 0 Å². The fraction of sp³-hybridized carbons (Fsp3) is 0.192. The number of nitrogens with one attached hydrogen (secondary N) is 1. The number of halogens is 3. The first-order chi connectivity index (χ1) is 17.0. The zero-order valence-electron chi connectivity index (χ0n) is 19.6. The Morgan fingerprint density at radius 1 is 1.03 bits per heavy atom. The maximum atomic E-state index is 13.3. The molecule has 36 heavy (non-hydrogen) atoms. The number of hydrogen-bond donors (Lipinski definition) is 1. The van der Waals surface area contributed by atoms with Crippen molar-refractivity contribution >= 4 is 40.9 Å². The van der Waals surface area contributed by atoms with Gasteiger partial charge in [0.25, 0.3) is 11.8 Å². The van der Waals surface area contributed by atoms with E-state index in [0.29, 0.717) is 12.2 Å². The molecule has 1 aromatic heterocycles. The lowest BCUT2D eigenvalue weighted by molar-refractivity contribution is -0.137. The van der Waals surface area contributed by atoms with E-state index in [1.807, 2.05) is 55.7 Å². The number of carbonyl (C=O) groups is 2. The Morgan fingerprint density at radius 3 is 2.36 bits per heavy atom. The fourth-order valence-electron chi connectivity index (χ4n) is 4.06. The number of rotatable bonds is 5. The van der Waals surface area contributed by atoms with E-state index >= 15 is 0 Å². The summed E-state index contributed by atoms with van der Waals surface area (Å²) < 4.78 is 47.1. The van der Waals surface area contributed by atoms with Crippen LogP contribution in [0.4, 0.5) is 18.9 Å². The molecule has 2 amide bonds. The van der Waals surface area contributed by atoms with E-state index < -0.39 is 23.6 Å². The summed E-state index contributed by atoms with van der Waals surface area (Å²) in [6, 6.07) is 13.5. The summed E-state index contributed by atoms with van der Waals surface area (Å²) in [5.41, 5.74) is 1.83. The average molecular weight is 514 g/mol. The van der Waals surface area contributed by atoms with E-state index in [-0.39, 0.29) is 16.4 Å². The number of alkyl halides is 3. The van der Waals surface area contributed by atoms with E-state index in [1.165, 1.54) is 18.2 Å². The van der Waals surface area contributed by atoms with Gasteiger partial charge in [-0.1, -0.05) is 6.07 Å². The summed E-state index contributed by atoms with van der Waals surface area (Å²) >= 11 is 5.11. The molecule has 2 heterocycles. The average Bonchev–Trinajstić information content (AvgIpc) is 3.09. The topological polar surface area (TPSA) is 63.6 Å². The predicted octanol–water partition coefficient (Wildman–Crippen LogP) is 5.34. The Labute approximate surface area is 211 Å². The first-order valence-corrected chi connectivity index (χ1v) is 11.4. The van der Waals surface area contributed by atoms with Crippen LogP contribution in [0.15, 0.2) is 60.2 Å². The number of nitrogens with zero attached hydrogens (tertiary/aromatic N) is 2. The summed E-state index contributed by atoms with van der Waals surface area (Å²) in [5.74, 6) is -0.797. The Kier molecular flexibility index (Phi) is 6.73. The van der Waals surface area contributed by atoms with Crippen LogP contribution in [0.1, 0.15) is 29.4 Å². The van der Waals surface area contributed by atoms with Crippen LogP contribution < -0.4 is 15.0 Å². The minimum atomic E-state index is -4.60. The fourth-order valence-corrected chi connectivity index (χ4v) is 4.34. The van der Waals surface area contributed by atoms with Crippen LogP contribution in [0, 0.1) is 13.8 Å². The molecule has 0 bridgehead atoms. The van der Waals surface area contributed by atoms with Crippen molar-refractivity contribution in [3.63, 3.8) is 0 Å². The molecule has 0 spiro atoms. The predicted molar refractivity (Wildman–Crippen MR) is 134 cm³/mol. The molecule has 0 aliphatic carbocycles. The lowest BCUT2D eigenvalue weighted by Gasteiger charge is -2.29. The van der Waals surface area contributed by atoms with Gasteiger partial charge in [0.1, 0.15) is 11.3 Å². The van der Waals surface area contributed by atoms with Crippen molar-refractivity contribution in [2.75, 3.05) is 11.5 Å². The zero-order chi connectivity index (χ0) is 26.2. The van der Waals surface area contributed by atoms with Crippen molar-refractivity contribution in [1.29, 1.82) is 0 Å². The molecular formula is C26H22F3N3O3S. The maximum Gasteiger partial charge on any atom is 0.416 e. The summed E-state index contributed by atoms with van der Waals surface area (Å²) in [5, 5.41) is 2.11. The molecule has 1 aliphatic rings. The van der Waals surface area contributed by atoms with Crippen molar-refractivity contribution in [2.24, 2.45) is 0 Å². The highest BCUT2D eigenvalue weighted by Crippen LogP contribution is 2.33. The van der Waals surface area contributed by atoms with Crippen LogP contribution in [0.25, 0.3) is 11.8 Å². The third-order valence-electron chi connectivity index (χ3n) is 5.71. The first-order valence-electron chi connectivity index (χ1n) is 11.0. The molecule has 1 saturated heterocycles. The van der Waals surface area contributed by atoms with Crippen LogP contribution >= 0.6 is 12.2 Å². The van der Waals surface area contributed by atoms with Gasteiger partial charge < -0.3 is 9.30 Å². The molecule has 1 fully saturated rings. The Hall–Kier alpha value is -3.92. The second-order valence-electron chi connectivity index (χ2n) is 8.09. The van der Waals surface area contributed by atoms with Gasteiger partial charge in [-0.3, -0.25) is 19.8 Å². The number of benzene rings is 2. The van der Waals surface area contributed by atoms with Crippen LogP contribution in [0.3, 0.4) is 0 Å². The molecule has 6 nitrogen and oxygen atoms in total. The molecule has 1 N–H and O–H groups in total. The van der Waals surface area contributed by atoms with E-state index in [0.717, 1.165) is 39.9 Å². The number of aromatic nitrogens is 1. The van der Waals surface area contributed by atoms with Gasteiger partial charge in [0.15, 0.2) is 5.11 Å². The molecule has 0 saturated carbocycles. The number of amides is 2. The van der Waals surface area contributed by atoms with Gasteiger partial charge in [0.2, 0.25) is 0 Å². The standard InChI is InChI=1S/C26H22F3N3O3S/c1-4-35-21-10-8-19(9-11-21)31-15(2)12-17(16(31)3)13-22-23(33)30-25(36)32(24(22)34)20-7-5-6-18(14-20)26(27,28)29/h5-14H,4H2,1-3H3,(H,30,33,36)/b22-13+. The molecule has 0 atom stereocenters. The smallest absolute Gasteiger partial charge is 0.416 e. The van der Waals surface area contributed by atoms with Crippen LogP contribution in [0.5, 0.6) is 5.75 Å². The van der Waals surface area contributed by atoms with Crippen LogP contribution in [0.2, 0.25) is 0 Å². The quantitative estimate of drug-likeness (QED) is 0.284. The molecule has 2 aromatic carbocycles. The third kappa shape index (κ3) is 4.76. The minimum absolute atomic E-state index is 0.0921. The molecule has 0 unspecified atom stereocenters. The summed E-state index contributed by atoms with van der Waals surface area (Å²) in [7, 11) is 0. The van der Waals surface area contributed by atoms with Crippen molar-refractivity contribution in [1.82, 2.24) is 9.88 Å². The SMILES string of the molecule is CCOc1ccc(-n2c(C)cc(/C=C3\C(=O)NC(=S)N(c4cccc(C(F)(F)F)c4)C3=O)c2C)cc1. The van der Waals surface area contributed by atoms with Gasteiger partial charge in [0.05, 0.1) is 17.9 Å². The van der Waals surface area contributed by atoms with Crippen molar-refractivity contribution in [2.45, 2.75) is 26.9 Å². The van der Waals surface area contributed by atoms with Gasteiger partial charge in [-0.2, -0.15) is 13.2 Å². The molecule has 1 aliphatic heterocycles. The summed E-state index contributed by atoms with van der Waals surface area (Å²) in [6.45, 7) is 6.18. The highest BCUT2D eigenvalue weighted by molar-refractivity contribution is 7.80. The molecule has 186 valence electrons. The Balaban J connectivity index is 1.72. The van der Waals surface area contributed by atoms with Gasteiger partial charge in [-0.15, -0.1) is 0 Å². The zero-order valence-corrected chi connectivity index (χ0v) is 20.5. The number of aryl methyl sites for hydroxylation is 1. The molecule has 10 heteroatoms. The van der Waals surface area contributed by atoms with Crippen molar-refractivity contribution in [3.8, 4) is 11.4 Å². The number of thiocarbonyl (C=S) groups is 1. The van der Waals surface area contributed by atoms with E-state index in [4.69, 9.17) is 17.0 Å². The van der Waals surface area contributed by atoms with Gasteiger partial charge in [-0.25, -0.2) is 0 Å². The third-order valence-corrected chi connectivity index (χ3v) is 5.99. The molecule has 4 rings (SSSR count). The van der Waals surface area contributed by atoms with Crippen molar-refractivity contribution < 1.29 is 27.5 Å². The number of ether oxygens (including phenoxy) is 1. The Bertz CT molecular complexity index is 1390. The molecule has 0 radical (unpaired) electrons.